The highest BCUT2D eigenvalue weighted by atomic mass is 28.3. The summed E-state index contributed by atoms with van der Waals surface area (Å²) >= 11 is 0. The molecule has 0 spiro atoms. The van der Waals surface area contributed by atoms with E-state index in [0.29, 0.717) is 0 Å². The SMILES string of the molecule is C=C[C@@H]([C@H](O)/C=C\C/C=C\CC)[Si](C)(C)C. The van der Waals surface area contributed by atoms with E-state index in [4.69, 9.17) is 0 Å². The Labute approximate surface area is 102 Å². The largest absolute Gasteiger partial charge is 0.389 e. The molecule has 0 aliphatic carbocycles. The van der Waals surface area contributed by atoms with Crippen LogP contribution in [0.25, 0.3) is 0 Å². The van der Waals surface area contributed by atoms with Crippen molar-refractivity contribution in [2.45, 2.75) is 51.1 Å². The van der Waals surface area contributed by atoms with Crippen molar-refractivity contribution >= 4 is 8.07 Å². The van der Waals surface area contributed by atoms with Crippen molar-refractivity contribution in [2.24, 2.45) is 0 Å². The predicted molar refractivity (Wildman–Crippen MR) is 76.5 cm³/mol. The maximum Gasteiger partial charge on any atom is 0.0759 e. The quantitative estimate of drug-likeness (QED) is 0.522. The zero-order chi connectivity index (χ0) is 12.6. The molecular weight excluding hydrogens is 212 g/mol. The molecule has 0 radical (unpaired) electrons. The van der Waals surface area contributed by atoms with E-state index in [2.05, 4.69) is 45.3 Å². The van der Waals surface area contributed by atoms with E-state index in [1.807, 2.05) is 18.2 Å². The second kappa shape index (κ2) is 7.63. The van der Waals surface area contributed by atoms with Crippen LogP contribution in [0.5, 0.6) is 0 Å². The molecule has 16 heavy (non-hydrogen) atoms. The second-order valence-electron chi connectivity index (χ2n) is 5.16. The second-order valence-corrected chi connectivity index (χ2v) is 10.6. The molecule has 0 fully saturated rings. The topological polar surface area (TPSA) is 20.2 Å². The van der Waals surface area contributed by atoms with E-state index in [1.165, 1.54) is 0 Å². The zero-order valence-corrected chi connectivity index (χ0v) is 12.1. The van der Waals surface area contributed by atoms with Gasteiger partial charge in [0.2, 0.25) is 0 Å². The molecule has 0 amide bonds. The minimum Gasteiger partial charge on any atom is -0.389 e. The summed E-state index contributed by atoms with van der Waals surface area (Å²) in [7, 11) is -1.36. The Morgan fingerprint density at radius 2 is 1.81 bits per heavy atom. The number of aliphatic hydroxyl groups is 1. The summed E-state index contributed by atoms with van der Waals surface area (Å²) in [5.41, 5.74) is 0.235. The van der Waals surface area contributed by atoms with Crippen molar-refractivity contribution in [3.05, 3.63) is 37.0 Å². The Morgan fingerprint density at radius 3 is 2.25 bits per heavy atom. The lowest BCUT2D eigenvalue weighted by molar-refractivity contribution is 0.224. The molecule has 0 saturated carbocycles. The molecule has 0 aromatic carbocycles. The number of allylic oxidation sites excluding steroid dienone is 3. The summed E-state index contributed by atoms with van der Waals surface area (Å²) in [5.74, 6) is 0. The van der Waals surface area contributed by atoms with Crippen molar-refractivity contribution in [2.75, 3.05) is 0 Å². The predicted octanol–water partition coefficient (Wildman–Crippen LogP) is 4.15. The molecule has 0 aliphatic heterocycles. The molecule has 92 valence electrons. The van der Waals surface area contributed by atoms with Gasteiger partial charge >= 0.3 is 0 Å². The molecule has 0 aromatic rings. The van der Waals surface area contributed by atoms with Crippen LogP contribution in [0, 0.1) is 0 Å². The highest BCUT2D eigenvalue weighted by Crippen LogP contribution is 2.27. The molecular formula is C14H26OSi. The minimum atomic E-state index is -1.36. The van der Waals surface area contributed by atoms with E-state index in [9.17, 15) is 5.11 Å². The Balaban J connectivity index is 4.27. The van der Waals surface area contributed by atoms with Crippen LogP contribution in [0.4, 0.5) is 0 Å². The lowest BCUT2D eigenvalue weighted by Gasteiger charge is -2.28. The lowest BCUT2D eigenvalue weighted by Crippen LogP contribution is -2.34. The summed E-state index contributed by atoms with van der Waals surface area (Å²) in [6.07, 6.45) is 11.7. The number of hydrogen-bond acceptors (Lipinski definition) is 1. The third kappa shape index (κ3) is 6.08. The molecule has 0 aliphatic rings. The van der Waals surface area contributed by atoms with Crippen molar-refractivity contribution < 1.29 is 5.11 Å². The molecule has 2 atom stereocenters. The van der Waals surface area contributed by atoms with Gasteiger partial charge < -0.3 is 5.11 Å². The number of rotatable bonds is 7. The molecule has 1 nitrogen and oxygen atoms in total. The maximum absolute atomic E-state index is 10.1. The van der Waals surface area contributed by atoms with Crippen LogP contribution >= 0.6 is 0 Å². The van der Waals surface area contributed by atoms with Crippen LogP contribution in [0.2, 0.25) is 25.2 Å². The van der Waals surface area contributed by atoms with Crippen molar-refractivity contribution in [3.63, 3.8) is 0 Å². The first-order valence-corrected chi connectivity index (χ1v) is 9.63. The lowest BCUT2D eigenvalue weighted by atomic mass is 10.2. The molecule has 0 heterocycles. The van der Waals surface area contributed by atoms with Gasteiger partial charge in [0.15, 0.2) is 0 Å². The van der Waals surface area contributed by atoms with E-state index < -0.39 is 8.07 Å². The van der Waals surface area contributed by atoms with E-state index in [-0.39, 0.29) is 11.6 Å². The van der Waals surface area contributed by atoms with Gasteiger partial charge in [-0.2, -0.15) is 0 Å². The number of aliphatic hydroxyl groups excluding tert-OH is 1. The fourth-order valence-electron chi connectivity index (χ4n) is 1.68. The summed E-state index contributed by atoms with van der Waals surface area (Å²) in [6.45, 7) is 12.7. The summed E-state index contributed by atoms with van der Waals surface area (Å²) in [4.78, 5) is 0. The third-order valence-electron chi connectivity index (χ3n) is 2.63. The Hall–Kier alpha value is -0.603. The number of hydrogen-bond donors (Lipinski definition) is 1. The van der Waals surface area contributed by atoms with E-state index in [1.54, 1.807) is 0 Å². The molecule has 2 heteroatoms. The molecule has 0 bridgehead atoms. The van der Waals surface area contributed by atoms with Crippen LogP contribution in [-0.4, -0.2) is 19.3 Å². The van der Waals surface area contributed by atoms with Gasteiger partial charge in [-0.15, -0.1) is 6.58 Å². The zero-order valence-electron chi connectivity index (χ0n) is 11.1. The highest BCUT2D eigenvalue weighted by molar-refractivity contribution is 6.78. The van der Waals surface area contributed by atoms with Crippen LogP contribution < -0.4 is 0 Å². The average molecular weight is 238 g/mol. The van der Waals surface area contributed by atoms with Crippen LogP contribution in [0.15, 0.2) is 37.0 Å². The van der Waals surface area contributed by atoms with Gasteiger partial charge in [0.1, 0.15) is 0 Å². The van der Waals surface area contributed by atoms with Crippen LogP contribution in [-0.2, 0) is 0 Å². The minimum absolute atomic E-state index is 0.235. The first-order chi connectivity index (χ1) is 7.43. The Bertz CT molecular complexity index is 248. The normalized spacial score (nSPS) is 16.8. The van der Waals surface area contributed by atoms with Gasteiger partial charge in [-0.3, -0.25) is 0 Å². The van der Waals surface area contributed by atoms with Crippen molar-refractivity contribution in [3.8, 4) is 0 Å². The average Bonchev–Trinajstić information content (AvgIpc) is 2.16. The first kappa shape index (κ1) is 15.4. The van der Waals surface area contributed by atoms with E-state index in [0.717, 1.165) is 12.8 Å². The van der Waals surface area contributed by atoms with Crippen molar-refractivity contribution in [1.29, 1.82) is 0 Å². The van der Waals surface area contributed by atoms with Gasteiger partial charge in [0, 0.05) is 5.54 Å². The fourth-order valence-corrected chi connectivity index (χ4v) is 3.53. The van der Waals surface area contributed by atoms with Crippen molar-refractivity contribution in [1.82, 2.24) is 0 Å². The van der Waals surface area contributed by atoms with Gasteiger partial charge in [-0.1, -0.05) is 56.9 Å². The van der Waals surface area contributed by atoms with Gasteiger partial charge in [-0.25, -0.2) is 0 Å². The molecule has 0 aromatic heterocycles. The highest BCUT2D eigenvalue weighted by Gasteiger charge is 2.28. The Kier molecular flexibility index (Phi) is 7.35. The molecule has 0 saturated heterocycles. The van der Waals surface area contributed by atoms with Gasteiger partial charge in [0.05, 0.1) is 14.2 Å². The summed E-state index contributed by atoms with van der Waals surface area (Å²) < 4.78 is 0. The molecule has 0 unspecified atom stereocenters. The van der Waals surface area contributed by atoms with Crippen LogP contribution in [0.3, 0.4) is 0 Å². The standard InChI is InChI=1S/C14H26OSi/c1-6-8-9-10-11-12-13(15)14(7-2)16(3,4)5/h7-9,11-15H,2,6,10H2,1,3-5H3/b9-8-,12-11-/t13-,14+/m1/s1. The summed E-state index contributed by atoms with van der Waals surface area (Å²) in [6, 6.07) is 0. The van der Waals surface area contributed by atoms with Gasteiger partial charge in [0.25, 0.3) is 0 Å². The summed E-state index contributed by atoms with van der Waals surface area (Å²) in [5, 5.41) is 10.1. The molecule has 1 N–H and O–H groups in total. The third-order valence-corrected chi connectivity index (χ3v) is 5.21. The smallest absolute Gasteiger partial charge is 0.0759 e. The fraction of sp³-hybridized carbons (Fsp3) is 0.571. The Morgan fingerprint density at radius 1 is 1.19 bits per heavy atom. The molecule has 0 rings (SSSR count). The van der Waals surface area contributed by atoms with Crippen LogP contribution in [0.1, 0.15) is 19.8 Å². The van der Waals surface area contributed by atoms with Gasteiger partial charge in [-0.05, 0) is 12.8 Å². The monoisotopic (exact) mass is 238 g/mol. The van der Waals surface area contributed by atoms with E-state index >= 15 is 0 Å². The maximum atomic E-state index is 10.1. The first-order valence-electron chi connectivity index (χ1n) is 6.05.